The van der Waals surface area contributed by atoms with Crippen molar-refractivity contribution in [3.8, 4) is 11.1 Å². The Hall–Kier alpha value is -2.40. The molecular formula is C19H16FNO2S. The highest BCUT2D eigenvalue weighted by Gasteiger charge is 2.29. The summed E-state index contributed by atoms with van der Waals surface area (Å²) in [5, 5.41) is 10.2. The van der Waals surface area contributed by atoms with Gasteiger partial charge in [0.2, 0.25) is 0 Å². The van der Waals surface area contributed by atoms with Crippen LogP contribution >= 0.6 is 11.8 Å². The van der Waals surface area contributed by atoms with Gasteiger partial charge in [0.1, 0.15) is 10.6 Å². The number of halogens is 1. The van der Waals surface area contributed by atoms with Crippen LogP contribution in [-0.2, 0) is 4.79 Å². The summed E-state index contributed by atoms with van der Waals surface area (Å²) in [4.78, 5) is 16.6. The number of carboxylic acid groups (broad SMARTS) is 1. The third-order valence-corrected chi connectivity index (χ3v) is 5.00. The van der Waals surface area contributed by atoms with Gasteiger partial charge in [-0.2, -0.15) is 0 Å². The zero-order valence-electron chi connectivity index (χ0n) is 13.3. The van der Waals surface area contributed by atoms with E-state index in [4.69, 9.17) is 0 Å². The van der Waals surface area contributed by atoms with Gasteiger partial charge in [-0.1, -0.05) is 18.2 Å². The van der Waals surface area contributed by atoms with Gasteiger partial charge < -0.3 is 5.11 Å². The van der Waals surface area contributed by atoms with Gasteiger partial charge in [0.25, 0.3) is 0 Å². The van der Waals surface area contributed by atoms with Crippen molar-refractivity contribution in [2.45, 2.75) is 23.5 Å². The van der Waals surface area contributed by atoms with Crippen LogP contribution in [0.2, 0.25) is 0 Å². The largest absolute Gasteiger partial charge is 0.480 e. The summed E-state index contributed by atoms with van der Waals surface area (Å²) in [7, 11) is 0. The van der Waals surface area contributed by atoms with Crippen LogP contribution < -0.4 is 0 Å². The summed E-state index contributed by atoms with van der Waals surface area (Å²) in [6.45, 7) is 3.34. The number of aliphatic carboxylic acids is 1. The second-order valence-electron chi connectivity index (χ2n) is 5.97. The molecule has 0 aliphatic rings. The van der Waals surface area contributed by atoms with E-state index in [0.29, 0.717) is 0 Å². The zero-order chi connectivity index (χ0) is 17.3. The van der Waals surface area contributed by atoms with Gasteiger partial charge in [-0.15, -0.1) is 11.8 Å². The topological polar surface area (TPSA) is 50.2 Å². The summed E-state index contributed by atoms with van der Waals surface area (Å²) < 4.78 is 12.5. The summed E-state index contributed by atoms with van der Waals surface area (Å²) in [6.07, 6.45) is 1.67. The summed E-state index contributed by atoms with van der Waals surface area (Å²) in [6, 6.07) is 13.9. The lowest BCUT2D eigenvalue weighted by Gasteiger charge is -2.19. The smallest absolute Gasteiger partial charge is 0.319 e. The molecule has 0 saturated carbocycles. The molecule has 3 rings (SSSR count). The van der Waals surface area contributed by atoms with Crippen molar-refractivity contribution in [2.75, 3.05) is 0 Å². The van der Waals surface area contributed by atoms with Crippen LogP contribution in [0.1, 0.15) is 13.8 Å². The molecule has 3 nitrogen and oxygen atoms in total. The number of benzene rings is 2. The van der Waals surface area contributed by atoms with E-state index in [-0.39, 0.29) is 5.82 Å². The van der Waals surface area contributed by atoms with Crippen molar-refractivity contribution < 1.29 is 14.3 Å². The molecule has 0 amide bonds. The minimum Gasteiger partial charge on any atom is -0.480 e. The number of rotatable bonds is 4. The second kappa shape index (κ2) is 6.24. The number of pyridine rings is 1. The first-order valence-electron chi connectivity index (χ1n) is 7.44. The van der Waals surface area contributed by atoms with E-state index in [1.54, 1.807) is 26.1 Å². The van der Waals surface area contributed by atoms with Crippen LogP contribution in [0.3, 0.4) is 0 Å². The van der Waals surface area contributed by atoms with E-state index in [9.17, 15) is 14.3 Å². The number of hydrogen-bond donors (Lipinski definition) is 1. The number of thioether (sulfide) groups is 1. The molecule has 0 saturated heterocycles. The third-order valence-electron chi connectivity index (χ3n) is 3.74. The highest BCUT2D eigenvalue weighted by atomic mass is 32.2. The lowest BCUT2D eigenvalue weighted by molar-refractivity contribution is -0.138. The first-order chi connectivity index (χ1) is 11.4. The molecular weight excluding hydrogens is 325 g/mol. The number of fused-ring (bicyclic) bond motifs is 1. The number of carbonyl (C=O) groups is 1. The standard InChI is InChI=1S/C19H16FNO2S/c1-19(2,18(22)23)24-17-8-9-21-16-7-6-13(11-15(16)17)12-4-3-5-14(20)10-12/h3-11H,1-2H3,(H,22,23). The van der Waals surface area contributed by atoms with Crippen LogP contribution in [0.25, 0.3) is 22.0 Å². The Bertz CT molecular complexity index is 924. The predicted octanol–water partition coefficient (Wildman–Crippen LogP) is 5.00. The van der Waals surface area contributed by atoms with Crippen molar-refractivity contribution in [1.29, 1.82) is 0 Å². The Morgan fingerprint density at radius 1 is 1.12 bits per heavy atom. The molecule has 3 aromatic rings. The molecule has 1 aromatic heterocycles. The van der Waals surface area contributed by atoms with E-state index >= 15 is 0 Å². The second-order valence-corrected chi connectivity index (χ2v) is 7.63. The Morgan fingerprint density at radius 3 is 2.58 bits per heavy atom. The maximum atomic E-state index is 13.5. The zero-order valence-corrected chi connectivity index (χ0v) is 14.1. The molecule has 122 valence electrons. The molecule has 2 aromatic carbocycles. The van der Waals surface area contributed by atoms with E-state index < -0.39 is 10.7 Å². The first kappa shape index (κ1) is 16.5. The van der Waals surface area contributed by atoms with Gasteiger partial charge in [0.15, 0.2) is 0 Å². The molecule has 5 heteroatoms. The SMILES string of the molecule is CC(C)(Sc1ccnc2ccc(-c3cccc(F)c3)cc12)C(=O)O. The number of carboxylic acids is 1. The average molecular weight is 341 g/mol. The van der Waals surface area contributed by atoms with Crippen LogP contribution in [0.15, 0.2) is 59.6 Å². The maximum Gasteiger partial charge on any atom is 0.319 e. The number of hydrogen-bond acceptors (Lipinski definition) is 3. The molecule has 0 aliphatic carbocycles. The molecule has 1 N–H and O–H groups in total. The minimum atomic E-state index is -0.955. The van der Waals surface area contributed by atoms with E-state index in [1.165, 1.54) is 23.9 Å². The molecule has 0 unspecified atom stereocenters. The molecule has 24 heavy (non-hydrogen) atoms. The fraction of sp³-hybridized carbons (Fsp3) is 0.158. The highest BCUT2D eigenvalue weighted by Crippen LogP contribution is 2.37. The summed E-state index contributed by atoms with van der Waals surface area (Å²) >= 11 is 1.28. The van der Waals surface area contributed by atoms with Crippen LogP contribution in [-0.4, -0.2) is 20.8 Å². The number of nitrogens with zero attached hydrogens (tertiary/aromatic N) is 1. The lowest BCUT2D eigenvalue weighted by atomic mass is 10.0. The van der Waals surface area contributed by atoms with Gasteiger partial charge in [0, 0.05) is 16.5 Å². The van der Waals surface area contributed by atoms with Gasteiger partial charge >= 0.3 is 5.97 Å². The third kappa shape index (κ3) is 3.26. The molecule has 0 bridgehead atoms. The normalized spacial score (nSPS) is 11.6. The average Bonchev–Trinajstić information content (AvgIpc) is 2.54. The van der Waals surface area contributed by atoms with Crippen molar-refractivity contribution in [3.05, 3.63) is 60.5 Å². The van der Waals surface area contributed by atoms with Crippen molar-refractivity contribution in [3.63, 3.8) is 0 Å². The fourth-order valence-corrected chi connectivity index (χ4v) is 3.42. The molecule has 0 radical (unpaired) electrons. The van der Waals surface area contributed by atoms with Crippen molar-refractivity contribution in [2.24, 2.45) is 0 Å². The monoisotopic (exact) mass is 341 g/mol. The Balaban J connectivity index is 2.11. The highest BCUT2D eigenvalue weighted by molar-refractivity contribution is 8.01. The number of aromatic nitrogens is 1. The van der Waals surface area contributed by atoms with Crippen LogP contribution in [0.4, 0.5) is 4.39 Å². The van der Waals surface area contributed by atoms with Crippen molar-refractivity contribution in [1.82, 2.24) is 4.98 Å². The molecule has 0 atom stereocenters. The Morgan fingerprint density at radius 2 is 1.88 bits per heavy atom. The van der Waals surface area contributed by atoms with E-state index in [0.717, 1.165) is 26.9 Å². The van der Waals surface area contributed by atoms with Gasteiger partial charge in [-0.25, -0.2) is 4.39 Å². The van der Waals surface area contributed by atoms with E-state index in [2.05, 4.69) is 4.98 Å². The molecule has 0 spiro atoms. The minimum absolute atomic E-state index is 0.291. The summed E-state index contributed by atoms with van der Waals surface area (Å²) in [5.74, 6) is -1.17. The van der Waals surface area contributed by atoms with Crippen LogP contribution in [0.5, 0.6) is 0 Å². The van der Waals surface area contributed by atoms with Crippen LogP contribution in [0, 0.1) is 5.82 Å². The van der Waals surface area contributed by atoms with E-state index in [1.807, 2.05) is 30.3 Å². The predicted molar refractivity (Wildman–Crippen MR) is 94.7 cm³/mol. The first-order valence-corrected chi connectivity index (χ1v) is 8.25. The van der Waals surface area contributed by atoms with Gasteiger partial charge in [0.05, 0.1) is 5.52 Å². The van der Waals surface area contributed by atoms with Crippen molar-refractivity contribution >= 4 is 28.6 Å². The molecule has 0 aliphatic heterocycles. The Kier molecular flexibility index (Phi) is 4.28. The summed E-state index contributed by atoms with van der Waals surface area (Å²) in [5.41, 5.74) is 2.42. The molecule has 0 fully saturated rings. The van der Waals surface area contributed by atoms with Gasteiger partial charge in [-0.05, 0) is 55.3 Å². The fourth-order valence-electron chi connectivity index (χ4n) is 2.38. The van der Waals surface area contributed by atoms with Gasteiger partial charge in [-0.3, -0.25) is 9.78 Å². The molecule has 1 heterocycles. The lowest BCUT2D eigenvalue weighted by Crippen LogP contribution is -2.26. The quantitative estimate of drug-likeness (QED) is 0.679. The Labute approximate surface area is 143 Å². The maximum absolute atomic E-state index is 13.5.